The number of hydrogen-bond acceptors (Lipinski definition) is 2. The molecule has 0 spiro atoms. The number of fused-ring (bicyclic) bond motifs is 1. The van der Waals surface area contributed by atoms with Gasteiger partial charge >= 0.3 is 0 Å². The van der Waals surface area contributed by atoms with Crippen molar-refractivity contribution in [2.75, 3.05) is 0 Å². The third-order valence-corrected chi connectivity index (χ3v) is 2.70. The third kappa shape index (κ3) is 2.75. The van der Waals surface area contributed by atoms with Gasteiger partial charge in [0.15, 0.2) is 0 Å². The zero-order chi connectivity index (χ0) is 13.1. The summed E-state index contributed by atoms with van der Waals surface area (Å²) in [4.78, 5) is 3.10. The quantitative estimate of drug-likeness (QED) is 0.369. The Bertz CT molecular complexity index is 644. The summed E-state index contributed by atoms with van der Waals surface area (Å²) in [5.74, 6) is -0.0947. The molecular formula is C12H13ClN5+. The van der Waals surface area contributed by atoms with Gasteiger partial charge in [0, 0.05) is 11.5 Å². The van der Waals surface area contributed by atoms with Gasteiger partial charge in [-0.1, -0.05) is 6.07 Å². The molecule has 18 heavy (non-hydrogen) atoms. The number of rotatable bonds is 2. The van der Waals surface area contributed by atoms with Crippen LogP contribution in [0.2, 0.25) is 5.15 Å². The van der Waals surface area contributed by atoms with Crippen molar-refractivity contribution in [1.82, 2.24) is 0 Å². The van der Waals surface area contributed by atoms with E-state index in [2.05, 4.69) is 15.2 Å². The van der Waals surface area contributed by atoms with Gasteiger partial charge in [-0.2, -0.15) is 10.1 Å². The maximum absolute atomic E-state index is 6.11. The summed E-state index contributed by atoms with van der Waals surface area (Å²) in [5.41, 5.74) is 13.2. The standard InChI is InChI=1S/C12H12ClN5/c1-7-2-3-8-5-9(6-16-18-12(14)15)11(13)17-10(8)4-7/h2-6H,1H3,(H4,14,15,18)/p+1/b16-6-. The predicted octanol–water partition coefficient (Wildman–Crippen LogP) is 1.22. The van der Waals surface area contributed by atoms with Gasteiger partial charge in [0.05, 0.1) is 11.8 Å². The molecule has 0 atom stereocenters. The van der Waals surface area contributed by atoms with Crippen molar-refractivity contribution in [2.24, 2.45) is 21.7 Å². The average Bonchev–Trinajstić information content (AvgIpc) is 2.29. The maximum Gasteiger partial charge on any atom is 0.282 e. The first-order chi connectivity index (χ1) is 8.56. The summed E-state index contributed by atoms with van der Waals surface area (Å²) in [6.45, 7) is 2.02. The van der Waals surface area contributed by atoms with E-state index in [1.54, 1.807) is 0 Å². The highest BCUT2D eigenvalue weighted by molar-refractivity contribution is 6.31. The lowest BCUT2D eigenvalue weighted by Crippen LogP contribution is -2.21. The third-order valence-electron chi connectivity index (χ3n) is 2.39. The molecule has 0 saturated carbocycles. The molecule has 0 bridgehead atoms. The first kappa shape index (κ1) is 12.3. The van der Waals surface area contributed by atoms with Crippen LogP contribution < -0.4 is 16.5 Å². The number of nitrogens with two attached hydrogens (primary N) is 2. The lowest BCUT2D eigenvalue weighted by molar-refractivity contribution is -0.342. The molecule has 92 valence electrons. The Labute approximate surface area is 109 Å². The van der Waals surface area contributed by atoms with Crippen molar-refractivity contribution in [3.8, 4) is 0 Å². The monoisotopic (exact) mass is 262 g/mol. The van der Waals surface area contributed by atoms with Crippen LogP contribution >= 0.6 is 11.6 Å². The van der Waals surface area contributed by atoms with E-state index in [1.807, 2.05) is 31.2 Å². The summed E-state index contributed by atoms with van der Waals surface area (Å²) in [6.07, 6.45) is 1.50. The lowest BCUT2D eigenvalue weighted by Gasteiger charge is -1.97. The Morgan fingerprint density at radius 2 is 2.11 bits per heavy atom. The molecule has 0 radical (unpaired) electrons. The van der Waals surface area contributed by atoms with E-state index in [1.165, 1.54) is 6.21 Å². The molecular weight excluding hydrogens is 250 g/mol. The van der Waals surface area contributed by atoms with Crippen molar-refractivity contribution >= 4 is 34.7 Å². The van der Waals surface area contributed by atoms with Crippen LogP contribution in [0.4, 0.5) is 0 Å². The largest absolute Gasteiger partial charge is 0.369 e. The molecule has 1 aromatic carbocycles. The highest BCUT2D eigenvalue weighted by Crippen LogP contribution is 2.16. The summed E-state index contributed by atoms with van der Waals surface area (Å²) in [7, 11) is 0. The number of hydrogen-bond donors (Lipinski definition) is 2. The number of pyridine rings is 1. The zero-order valence-electron chi connectivity index (χ0n) is 9.81. The molecule has 2 rings (SSSR count). The molecule has 2 aromatic rings. The lowest BCUT2D eigenvalue weighted by atomic mass is 10.1. The van der Waals surface area contributed by atoms with Crippen LogP contribution in [0, 0.1) is 6.92 Å². The van der Waals surface area contributed by atoms with Crippen molar-refractivity contribution < 1.29 is 4.98 Å². The number of benzene rings is 1. The number of nitrogens with zero attached hydrogens (tertiary/aromatic N) is 2. The normalized spacial score (nSPS) is 11.0. The highest BCUT2D eigenvalue weighted by Gasteiger charge is 2.09. The summed E-state index contributed by atoms with van der Waals surface area (Å²) < 4.78 is 0. The molecule has 1 aromatic heterocycles. The second kappa shape index (κ2) is 5.01. The molecule has 0 aliphatic rings. The molecule has 5 nitrogen and oxygen atoms in total. The van der Waals surface area contributed by atoms with E-state index in [-0.39, 0.29) is 5.96 Å². The molecule has 6 heteroatoms. The van der Waals surface area contributed by atoms with Crippen LogP contribution in [0.5, 0.6) is 0 Å². The van der Waals surface area contributed by atoms with Crippen molar-refractivity contribution in [3.05, 3.63) is 40.5 Å². The smallest absolute Gasteiger partial charge is 0.282 e. The fourth-order valence-corrected chi connectivity index (χ4v) is 1.78. The van der Waals surface area contributed by atoms with Crippen molar-refractivity contribution in [3.63, 3.8) is 0 Å². The Hall–Kier alpha value is -2.14. The van der Waals surface area contributed by atoms with Gasteiger partial charge < -0.3 is 11.5 Å². The first-order valence-corrected chi connectivity index (χ1v) is 5.68. The van der Waals surface area contributed by atoms with Crippen LogP contribution in [0.1, 0.15) is 11.1 Å². The topological polar surface area (TPSA) is 90.9 Å². The van der Waals surface area contributed by atoms with Crippen LogP contribution in [0.3, 0.4) is 0 Å². The fourth-order valence-electron chi connectivity index (χ4n) is 1.58. The van der Waals surface area contributed by atoms with E-state index < -0.39 is 0 Å². The van der Waals surface area contributed by atoms with Gasteiger partial charge in [-0.25, -0.2) is 0 Å². The van der Waals surface area contributed by atoms with Crippen LogP contribution in [-0.4, -0.2) is 12.2 Å². The average molecular weight is 263 g/mol. The van der Waals surface area contributed by atoms with Gasteiger partial charge in [-0.3, -0.25) is 0 Å². The van der Waals surface area contributed by atoms with E-state index in [0.717, 1.165) is 22.0 Å². The van der Waals surface area contributed by atoms with Crippen molar-refractivity contribution in [1.29, 1.82) is 0 Å². The molecule has 0 amide bonds. The fraction of sp³-hybridized carbons (Fsp3) is 0.0833. The number of guanidine groups is 1. The molecule has 1 heterocycles. The van der Waals surface area contributed by atoms with Gasteiger partial charge in [-0.05, 0) is 36.2 Å². The summed E-state index contributed by atoms with van der Waals surface area (Å²) in [6, 6.07) is 7.98. The number of nitrogens with one attached hydrogen (secondary N) is 1. The molecule has 5 N–H and O–H groups in total. The van der Waals surface area contributed by atoms with Gasteiger partial charge in [0.1, 0.15) is 0 Å². The Morgan fingerprint density at radius 1 is 1.33 bits per heavy atom. The van der Waals surface area contributed by atoms with Crippen LogP contribution in [-0.2, 0) is 0 Å². The SMILES string of the molecule is Cc1ccc2cc(/C=N\N=C(N)N)c(Cl)[nH+]c2c1. The van der Waals surface area contributed by atoms with E-state index in [4.69, 9.17) is 23.1 Å². The molecule has 0 fully saturated rings. The van der Waals surface area contributed by atoms with Gasteiger partial charge in [-0.15, -0.1) is 5.10 Å². The second-order valence-corrected chi connectivity index (χ2v) is 4.28. The minimum atomic E-state index is -0.0947. The van der Waals surface area contributed by atoms with Crippen LogP contribution in [0.15, 0.2) is 34.5 Å². The Kier molecular flexibility index (Phi) is 3.43. The number of aromatic nitrogens is 1. The van der Waals surface area contributed by atoms with E-state index in [9.17, 15) is 0 Å². The summed E-state index contributed by atoms with van der Waals surface area (Å²) >= 11 is 6.11. The second-order valence-electron chi connectivity index (χ2n) is 3.90. The molecule has 0 aliphatic heterocycles. The number of aryl methyl sites for hydroxylation is 1. The van der Waals surface area contributed by atoms with Gasteiger partial charge in [0.25, 0.3) is 5.15 Å². The summed E-state index contributed by atoms with van der Waals surface area (Å²) in [5, 5.41) is 8.79. The number of halogens is 1. The van der Waals surface area contributed by atoms with Gasteiger partial charge in [0.2, 0.25) is 11.5 Å². The predicted molar refractivity (Wildman–Crippen MR) is 73.7 cm³/mol. The maximum atomic E-state index is 6.11. The minimum absolute atomic E-state index is 0.0947. The number of H-pyrrole nitrogens is 1. The van der Waals surface area contributed by atoms with E-state index >= 15 is 0 Å². The van der Waals surface area contributed by atoms with Crippen LogP contribution in [0.25, 0.3) is 10.9 Å². The minimum Gasteiger partial charge on any atom is -0.369 e. The molecule has 0 saturated heterocycles. The Morgan fingerprint density at radius 3 is 2.83 bits per heavy atom. The zero-order valence-corrected chi connectivity index (χ0v) is 10.6. The molecule has 0 aliphatic carbocycles. The first-order valence-electron chi connectivity index (χ1n) is 5.30. The van der Waals surface area contributed by atoms with Crippen molar-refractivity contribution in [2.45, 2.75) is 6.92 Å². The highest BCUT2D eigenvalue weighted by atomic mass is 35.5. The van der Waals surface area contributed by atoms with E-state index in [0.29, 0.717) is 5.15 Å². The Balaban J connectivity index is 2.46. The molecule has 0 unspecified atom stereocenters. The number of aromatic amines is 1.